The molecule has 0 saturated heterocycles. The van der Waals surface area contributed by atoms with Gasteiger partial charge in [0.15, 0.2) is 0 Å². The molecule has 6 N–H and O–H groups in total. The third kappa shape index (κ3) is 9.62. The van der Waals surface area contributed by atoms with Crippen molar-refractivity contribution in [1.29, 1.82) is 0 Å². The minimum Gasteiger partial charge on any atom is -0.480 e. The Balaban J connectivity index is 2.99. The van der Waals surface area contributed by atoms with Crippen LogP contribution in [0.3, 0.4) is 0 Å². The molecule has 0 radical (unpaired) electrons. The van der Waals surface area contributed by atoms with Gasteiger partial charge in [-0.15, -0.1) is 0 Å². The van der Waals surface area contributed by atoms with Crippen LogP contribution in [0.1, 0.15) is 18.9 Å². The number of amides is 3. The van der Waals surface area contributed by atoms with Crippen molar-refractivity contribution >= 4 is 48.1 Å². The van der Waals surface area contributed by atoms with Crippen LogP contribution in [-0.2, 0) is 25.6 Å². The second-order valence-corrected chi connectivity index (χ2v) is 8.31. The van der Waals surface area contributed by atoms with Crippen molar-refractivity contribution in [2.24, 2.45) is 5.73 Å². The van der Waals surface area contributed by atoms with E-state index >= 15 is 0 Å². The van der Waals surface area contributed by atoms with Crippen LogP contribution in [0.25, 0.3) is 0 Å². The summed E-state index contributed by atoms with van der Waals surface area (Å²) in [4.78, 5) is 49.0. The van der Waals surface area contributed by atoms with Crippen LogP contribution in [0, 0.1) is 0 Å². The zero-order valence-electron chi connectivity index (χ0n) is 17.5. The third-order valence-electron chi connectivity index (χ3n) is 4.37. The highest BCUT2D eigenvalue weighted by Gasteiger charge is 2.29. The average molecular weight is 471 g/mol. The van der Waals surface area contributed by atoms with Crippen LogP contribution >= 0.6 is 24.4 Å². The minimum absolute atomic E-state index is 0.0919. The molecule has 0 aliphatic heterocycles. The van der Waals surface area contributed by atoms with Crippen molar-refractivity contribution < 1.29 is 24.3 Å². The number of thioether (sulfide) groups is 1. The van der Waals surface area contributed by atoms with Gasteiger partial charge in [0.1, 0.15) is 18.1 Å². The predicted molar refractivity (Wildman–Crippen MR) is 124 cm³/mol. The van der Waals surface area contributed by atoms with Gasteiger partial charge in [-0.3, -0.25) is 14.4 Å². The largest absolute Gasteiger partial charge is 0.480 e. The fourth-order valence-electron chi connectivity index (χ4n) is 2.60. The Morgan fingerprint density at radius 1 is 1.00 bits per heavy atom. The van der Waals surface area contributed by atoms with Crippen LogP contribution in [0.2, 0.25) is 0 Å². The van der Waals surface area contributed by atoms with E-state index in [0.717, 1.165) is 5.56 Å². The van der Waals surface area contributed by atoms with Crippen molar-refractivity contribution in [3.8, 4) is 0 Å². The molecule has 11 heteroatoms. The van der Waals surface area contributed by atoms with E-state index in [-0.39, 0.29) is 18.6 Å². The zero-order valence-corrected chi connectivity index (χ0v) is 19.2. The number of nitrogens with two attached hydrogens (primary N) is 1. The molecule has 1 aromatic rings. The van der Waals surface area contributed by atoms with Gasteiger partial charge in [0, 0.05) is 12.2 Å². The van der Waals surface area contributed by atoms with E-state index in [9.17, 15) is 19.2 Å². The predicted octanol–water partition coefficient (Wildman–Crippen LogP) is -0.202. The van der Waals surface area contributed by atoms with Gasteiger partial charge < -0.3 is 26.8 Å². The molecule has 0 fully saturated rings. The second kappa shape index (κ2) is 13.9. The number of carbonyl (C=O) groups excluding carboxylic acids is 3. The molecule has 0 aromatic heterocycles. The van der Waals surface area contributed by atoms with Crippen molar-refractivity contribution in [3.05, 3.63) is 35.9 Å². The van der Waals surface area contributed by atoms with Crippen LogP contribution < -0.4 is 21.7 Å². The van der Waals surface area contributed by atoms with Gasteiger partial charge in [-0.05, 0) is 30.9 Å². The number of benzene rings is 1. The first-order valence-corrected chi connectivity index (χ1v) is 11.7. The van der Waals surface area contributed by atoms with Gasteiger partial charge in [-0.25, -0.2) is 4.79 Å². The summed E-state index contributed by atoms with van der Waals surface area (Å²) in [7, 11) is 0. The highest BCUT2D eigenvalue weighted by molar-refractivity contribution is 7.98. The van der Waals surface area contributed by atoms with E-state index in [0.29, 0.717) is 5.75 Å². The number of hydrogen-bond donors (Lipinski definition) is 6. The van der Waals surface area contributed by atoms with Crippen LogP contribution in [0.15, 0.2) is 30.3 Å². The van der Waals surface area contributed by atoms with Gasteiger partial charge in [-0.1, -0.05) is 30.3 Å². The van der Waals surface area contributed by atoms with Crippen molar-refractivity contribution in [2.45, 2.75) is 43.9 Å². The maximum Gasteiger partial charge on any atom is 0.327 e. The van der Waals surface area contributed by atoms with E-state index in [1.54, 1.807) is 0 Å². The molecule has 3 amide bonds. The number of carbonyl (C=O) groups is 4. The van der Waals surface area contributed by atoms with E-state index in [2.05, 4.69) is 28.6 Å². The van der Waals surface area contributed by atoms with Crippen molar-refractivity contribution in [3.63, 3.8) is 0 Å². The summed E-state index contributed by atoms with van der Waals surface area (Å²) in [5, 5.41) is 16.8. The molecule has 31 heavy (non-hydrogen) atoms. The molecule has 172 valence electrons. The molecule has 0 bridgehead atoms. The molecule has 1 aromatic carbocycles. The number of aliphatic carboxylic acids is 1. The summed E-state index contributed by atoms with van der Waals surface area (Å²) >= 11 is 5.42. The Labute approximate surface area is 191 Å². The monoisotopic (exact) mass is 470 g/mol. The average Bonchev–Trinajstić information content (AvgIpc) is 2.74. The Morgan fingerprint density at radius 2 is 1.55 bits per heavy atom. The summed E-state index contributed by atoms with van der Waals surface area (Å²) in [6.45, 7) is 1.50. The summed E-state index contributed by atoms with van der Waals surface area (Å²) in [5.74, 6) is -2.43. The number of nitrogens with one attached hydrogen (secondary N) is 3. The molecule has 0 heterocycles. The van der Waals surface area contributed by atoms with Crippen LogP contribution in [0.4, 0.5) is 0 Å². The lowest BCUT2D eigenvalue weighted by Crippen LogP contribution is -2.57. The standard InChI is InChI=1S/C20H30N4O5S2/c1-12(21)17(25)23-15(10-13-6-4-3-5-7-13)19(27)22-14(8-9-31-2)18(26)24-16(11-30)20(28)29/h3-7,12,14-16,30H,8-11,21H2,1-2H3,(H,22,27)(H,23,25)(H,24,26)(H,28,29). The highest BCUT2D eigenvalue weighted by atomic mass is 32.2. The summed E-state index contributed by atoms with van der Waals surface area (Å²) in [6.07, 6.45) is 2.35. The quantitative estimate of drug-likeness (QED) is 0.219. The molecule has 9 nitrogen and oxygen atoms in total. The molecular formula is C20H30N4O5S2. The first-order valence-electron chi connectivity index (χ1n) is 9.72. The van der Waals surface area contributed by atoms with Gasteiger partial charge in [-0.2, -0.15) is 24.4 Å². The van der Waals surface area contributed by atoms with Crippen molar-refractivity contribution in [1.82, 2.24) is 16.0 Å². The summed E-state index contributed by atoms with van der Waals surface area (Å²) in [5.41, 5.74) is 6.44. The third-order valence-corrected chi connectivity index (χ3v) is 5.38. The minimum atomic E-state index is -1.22. The van der Waals surface area contributed by atoms with E-state index in [1.165, 1.54) is 18.7 Å². The number of hydrogen-bond acceptors (Lipinski definition) is 7. The summed E-state index contributed by atoms with van der Waals surface area (Å²) in [6, 6.07) is 5.20. The molecule has 1 rings (SSSR count). The Hall–Kier alpha value is -2.24. The Kier molecular flexibility index (Phi) is 12.1. The fourth-order valence-corrected chi connectivity index (χ4v) is 3.32. The molecular weight excluding hydrogens is 440 g/mol. The fraction of sp³-hybridized carbons (Fsp3) is 0.500. The number of rotatable bonds is 13. The smallest absolute Gasteiger partial charge is 0.327 e. The molecule has 0 aliphatic carbocycles. The Bertz CT molecular complexity index is 748. The highest BCUT2D eigenvalue weighted by Crippen LogP contribution is 2.07. The van der Waals surface area contributed by atoms with E-state index in [1.807, 2.05) is 36.6 Å². The maximum absolute atomic E-state index is 13.0. The van der Waals surface area contributed by atoms with Gasteiger partial charge in [0.25, 0.3) is 0 Å². The normalized spacial score (nSPS) is 14.6. The molecule has 4 unspecified atom stereocenters. The van der Waals surface area contributed by atoms with Gasteiger partial charge in [0.2, 0.25) is 17.7 Å². The van der Waals surface area contributed by atoms with Gasteiger partial charge >= 0.3 is 5.97 Å². The number of carboxylic acids is 1. The van der Waals surface area contributed by atoms with E-state index < -0.39 is 47.9 Å². The molecule has 0 spiro atoms. The lowest BCUT2D eigenvalue weighted by Gasteiger charge is -2.24. The summed E-state index contributed by atoms with van der Waals surface area (Å²) < 4.78 is 0. The lowest BCUT2D eigenvalue weighted by molar-refractivity contribution is -0.141. The molecule has 0 saturated carbocycles. The molecule has 4 atom stereocenters. The van der Waals surface area contributed by atoms with Gasteiger partial charge in [0.05, 0.1) is 6.04 Å². The topological polar surface area (TPSA) is 151 Å². The zero-order chi connectivity index (χ0) is 23.4. The molecule has 0 aliphatic rings. The van der Waals surface area contributed by atoms with Crippen LogP contribution in [0.5, 0.6) is 0 Å². The van der Waals surface area contributed by atoms with Crippen molar-refractivity contribution in [2.75, 3.05) is 17.8 Å². The lowest BCUT2D eigenvalue weighted by atomic mass is 10.0. The first kappa shape index (κ1) is 26.8. The second-order valence-electron chi connectivity index (χ2n) is 6.96. The SMILES string of the molecule is CSCCC(NC(=O)C(Cc1ccccc1)NC(=O)C(C)N)C(=O)NC(CS)C(=O)O. The number of carboxylic acid groups (broad SMARTS) is 1. The first-order chi connectivity index (χ1) is 14.7. The Morgan fingerprint density at radius 3 is 2.06 bits per heavy atom. The number of thiol groups is 1. The maximum atomic E-state index is 13.0. The van der Waals surface area contributed by atoms with E-state index in [4.69, 9.17) is 10.8 Å². The van der Waals surface area contributed by atoms with Crippen LogP contribution in [-0.4, -0.2) is 70.7 Å².